The third-order valence-electron chi connectivity index (χ3n) is 3.15. The van der Waals surface area contributed by atoms with Crippen LogP contribution in [0.2, 0.25) is 0 Å². The molecule has 0 aliphatic carbocycles. The molecule has 0 unspecified atom stereocenters. The van der Waals surface area contributed by atoms with E-state index in [-0.39, 0.29) is 18.3 Å². The third-order valence-corrected chi connectivity index (χ3v) is 3.15. The molecule has 3 N–H and O–H groups in total. The highest BCUT2D eigenvalue weighted by Crippen LogP contribution is 2.12. The number of nitrogens with zero attached hydrogens (tertiary/aromatic N) is 1. The van der Waals surface area contributed by atoms with Gasteiger partial charge in [0.1, 0.15) is 17.7 Å². The summed E-state index contributed by atoms with van der Waals surface area (Å²) >= 11 is 0. The first kappa shape index (κ1) is 19.1. The predicted octanol–water partition coefficient (Wildman–Crippen LogP) is 1.67. The molecule has 0 saturated carbocycles. The number of carbonyl (C=O) groups excluding carboxylic acids is 2. The van der Waals surface area contributed by atoms with Gasteiger partial charge < -0.3 is 15.2 Å². The van der Waals surface area contributed by atoms with Crippen molar-refractivity contribution in [3.63, 3.8) is 0 Å². The van der Waals surface area contributed by atoms with Crippen molar-refractivity contribution in [2.75, 3.05) is 11.9 Å². The van der Waals surface area contributed by atoms with Crippen molar-refractivity contribution in [1.29, 1.82) is 0 Å². The number of hydrazone groups is 1. The van der Waals surface area contributed by atoms with E-state index in [1.54, 1.807) is 24.3 Å². The Hall–Kier alpha value is -3.26. The standard InChI is InChI=1S/C18H18FN3O4/c1-12(23)18(25)22-20-10-13-2-8-16(9-3-13)26-11-17(24)21-15-6-4-14(19)5-7-15/h2-10,12,23H,11H2,1H3,(H,21,24)(H,22,25)/b20-10-/t12-/m0/s1. The molecule has 2 aromatic carbocycles. The molecule has 0 aliphatic rings. The highest BCUT2D eigenvalue weighted by molar-refractivity contribution is 5.91. The Kier molecular flexibility index (Phi) is 6.81. The zero-order chi connectivity index (χ0) is 18.9. The first-order chi connectivity index (χ1) is 12.4. The molecule has 26 heavy (non-hydrogen) atoms. The van der Waals surface area contributed by atoms with Crippen LogP contribution in [-0.2, 0) is 9.59 Å². The number of halogens is 1. The average Bonchev–Trinajstić information content (AvgIpc) is 2.63. The molecule has 0 fully saturated rings. The monoisotopic (exact) mass is 359 g/mol. The van der Waals surface area contributed by atoms with Gasteiger partial charge in [0.15, 0.2) is 6.61 Å². The fourth-order valence-electron chi connectivity index (χ4n) is 1.79. The van der Waals surface area contributed by atoms with Gasteiger partial charge in [-0.1, -0.05) is 0 Å². The topological polar surface area (TPSA) is 100 Å². The molecule has 0 radical (unpaired) electrons. The highest BCUT2D eigenvalue weighted by atomic mass is 19.1. The number of aliphatic hydroxyl groups is 1. The van der Waals surface area contributed by atoms with E-state index >= 15 is 0 Å². The average molecular weight is 359 g/mol. The summed E-state index contributed by atoms with van der Waals surface area (Å²) in [5, 5.41) is 15.3. The number of rotatable bonds is 7. The van der Waals surface area contributed by atoms with Crippen molar-refractivity contribution in [2.24, 2.45) is 5.10 Å². The fourth-order valence-corrected chi connectivity index (χ4v) is 1.79. The number of hydrogen-bond donors (Lipinski definition) is 3. The third kappa shape index (κ3) is 6.33. The Morgan fingerprint density at radius 1 is 1.19 bits per heavy atom. The Labute approximate surface area is 149 Å². The smallest absolute Gasteiger partial charge is 0.268 e. The van der Waals surface area contributed by atoms with Gasteiger partial charge in [-0.05, 0) is 61.0 Å². The normalized spacial score (nSPS) is 11.8. The van der Waals surface area contributed by atoms with Crippen LogP contribution in [0.15, 0.2) is 53.6 Å². The predicted molar refractivity (Wildman–Crippen MR) is 94.4 cm³/mol. The van der Waals surface area contributed by atoms with E-state index in [2.05, 4.69) is 15.8 Å². The minimum atomic E-state index is -1.14. The largest absolute Gasteiger partial charge is 0.484 e. The fraction of sp³-hybridized carbons (Fsp3) is 0.167. The van der Waals surface area contributed by atoms with Crippen LogP contribution in [0.3, 0.4) is 0 Å². The number of ether oxygens (including phenoxy) is 1. The van der Waals surface area contributed by atoms with Gasteiger partial charge in [0.2, 0.25) is 0 Å². The number of aliphatic hydroxyl groups excluding tert-OH is 1. The van der Waals surface area contributed by atoms with Gasteiger partial charge in [-0.2, -0.15) is 5.10 Å². The summed E-state index contributed by atoms with van der Waals surface area (Å²) in [5.41, 5.74) is 3.36. The van der Waals surface area contributed by atoms with Crippen LogP contribution in [0.25, 0.3) is 0 Å². The van der Waals surface area contributed by atoms with Gasteiger partial charge in [-0.25, -0.2) is 9.82 Å². The molecule has 0 aromatic heterocycles. The summed E-state index contributed by atoms with van der Waals surface area (Å²) in [6.07, 6.45) is 0.273. The van der Waals surface area contributed by atoms with Crippen LogP contribution in [0.5, 0.6) is 5.75 Å². The summed E-state index contributed by atoms with van der Waals surface area (Å²) in [4.78, 5) is 22.9. The molecular formula is C18H18FN3O4. The molecule has 2 amide bonds. The minimum absolute atomic E-state index is 0.199. The van der Waals surface area contributed by atoms with E-state index in [0.717, 1.165) is 0 Å². The molecule has 0 spiro atoms. The zero-order valence-corrected chi connectivity index (χ0v) is 14.0. The number of carbonyl (C=O) groups is 2. The van der Waals surface area contributed by atoms with Gasteiger partial charge in [0.05, 0.1) is 6.21 Å². The zero-order valence-electron chi connectivity index (χ0n) is 14.0. The Bertz CT molecular complexity index is 774. The molecule has 8 heteroatoms. The van der Waals surface area contributed by atoms with Crippen molar-refractivity contribution in [2.45, 2.75) is 13.0 Å². The summed E-state index contributed by atoms with van der Waals surface area (Å²) in [7, 11) is 0. The molecular weight excluding hydrogens is 341 g/mol. The Morgan fingerprint density at radius 3 is 2.46 bits per heavy atom. The van der Waals surface area contributed by atoms with Crippen LogP contribution in [0.1, 0.15) is 12.5 Å². The van der Waals surface area contributed by atoms with Crippen molar-refractivity contribution in [3.05, 3.63) is 59.9 Å². The van der Waals surface area contributed by atoms with E-state index < -0.39 is 12.0 Å². The second kappa shape index (κ2) is 9.28. The second-order valence-electron chi connectivity index (χ2n) is 5.32. The maximum absolute atomic E-state index is 12.8. The SMILES string of the molecule is C[C@H](O)C(=O)N/N=C\c1ccc(OCC(=O)Nc2ccc(F)cc2)cc1. The van der Waals surface area contributed by atoms with Gasteiger partial charge in [0, 0.05) is 5.69 Å². The quantitative estimate of drug-likeness (QED) is 0.517. The first-order valence-electron chi connectivity index (χ1n) is 7.73. The van der Waals surface area contributed by atoms with E-state index in [4.69, 9.17) is 9.84 Å². The van der Waals surface area contributed by atoms with Gasteiger partial charge >= 0.3 is 0 Å². The molecule has 1 atom stereocenters. The number of benzene rings is 2. The van der Waals surface area contributed by atoms with Gasteiger partial charge in [0.25, 0.3) is 11.8 Å². The molecule has 7 nitrogen and oxygen atoms in total. The van der Waals surface area contributed by atoms with Crippen LogP contribution in [0, 0.1) is 5.82 Å². The lowest BCUT2D eigenvalue weighted by atomic mass is 10.2. The molecule has 0 heterocycles. The maximum Gasteiger partial charge on any atom is 0.268 e. The van der Waals surface area contributed by atoms with E-state index in [1.165, 1.54) is 37.4 Å². The summed E-state index contributed by atoms with van der Waals surface area (Å²) < 4.78 is 18.2. The summed E-state index contributed by atoms with van der Waals surface area (Å²) in [6.45, 7) is 1.14. The van der Waals surface area contributed by atoms with Crippen molar-refractivity contribution in [1.82, 2.24) is 5.43 Å². The Balaban J connectivity index is 1.79. The molecule has 0 saturated heterocycles. The summed E-state index contributed by atoms with van der Waals surface area (Å²) in [5.74, 6) is -0.880. The number of amides is 2. The highest BCUT2D eigenvalue weighted by Gasteiger charge is 2.06. The lowest BCUT2D eigenvalue weighted by Gasteiger charge is -2.07. The lowest BCUT2D eigenvalue weighted by molar-refractivity contribution is -0.128. The van der Waals surface area contributed by atoms with Crippen molar-refractivity contribution >= 4 is 23.7 Å². The van der Waals surface area contributed by atoms with E-state index in [9.17, 15) is 14.0 Å². The molecule has 2 rings (SSSR count). The molecule has 0 aliphatic heterocycles. The van der Waals surface area contributed by atoms with Crippen LogP contribution in [-0.4, -0.2) is 35.8 Å². The number of anilines is 1. The molecule has 0 bridgehead atoms. The maximum atomic E-state index is 12.8. The first-order valence-corrected chi connectivity index (χ1v) is 7.73. The number of hydrogen-bond acceptors (Lipinski definition) is 5. The molecule has 136 valence electrons. The van der Waals surface area contributed by atoms with Gasteiger partial charge in [-0.15, -0.1) is 0 Å². The van der Waals surface area contributed by atoms with Crippen molar-refractivity contribution < 1.29 is 23.8 Å². The van der Waals surface area contributed by atoms with Crippen LogP contribution >= 0.6 is 0 Å². The summed E-state index contributed by atoms with van der Waals surface area (Å²) in [6, 6.07) is 12.1. The van der Waals surface area contributed by atoms with Crippen LogP contribution < -0.4 is 15.5 Å². The lowest BCUT2D eigenvalue weighted by Crippen LogP contribution is -2.28. The molecule has 2 aromatic rings. The van der Waals surface area contributed by atoms with Gasteiger partial charge in [-0.3, -0.25) is 9.59 Å². The minimum Gasteiger partial charge on any atom is -0.484 e. The second-order valence-corrected chi connectivity index (χ2v) is 5.32. The van der Waals surface area contributed by atoms with E-state index in [1.807, 2.05) is 0 Å². The number of nitrogens with one attached hydrogen (secondary N) is 2. The van der Waals surface area contributed by atoms with Crippen molar-refractivity contribution in [3.8, 4) is 5.75 Å². The Morgan fingerprint density at radius 2 is 1.85 bits per heavy atom. The van der Waals surface area contributed by atoms with E-state index in [0.29, 0.717) is 17.0 Å². The van der Waals surface area contributed by atoms with Crippen LogP contribution in [0.4, 0.5) is 10.1 Å².